The summed E-state index contributed by atoms with van der Waals surface area (Å²) in [4.78, 5) is 4.90. The summed E-state index contributed by atoms with van der Waals surface area (Å²) in [5, 5.41) is 11.5. The van der Waals surface area contributed by atoms with Gasteiger partial charge in [-0.15, -0.1) is 0 Å². The van der Waals surface area contributed by atoms with Gasteiger partial charge in [0.25, 0.3) is 0 Å². The second kappa shape index (κ2) is 8.59. The summed E-state index contributed by atoms with van der Waals surface area (Å²) in [7, 11) is 0. The SMILES string of the molecule is CCNC(=NCC1(c2ccccc2)CC1)NCC(C)Cn1nc(C)cc1C. The highest BCUT2D eigenvalue weighted by atomic mass is 15.3. The zero-order valence-electron chi connectivity index (χ0n) is 17.1. The Hall–Kier alpha value is -2.30. The van der Waals surface area contributed by atoms with Gasteiger partial charge in [0.2, 0.25) is 0 Å². The summed E-state index contributed by atoms with van der Waals surface area (Å²) >= 11 is 0. The minimum Gasteiger partial charge on any atom is -0.357 e. The van der Waals surface area contributed by atoms with Crippen molar-refractivity contribution in [2.75, 3.05) is 19.6 Å². The second-order valence-corrected chi connectivity index (χ2v) is 7.94. The Morgan fingerprint density at radius 2 is 1.96 bits per heavy atom. The van der Waals surface area contributed by atoms with Crippen LogP contribution < -0.4 is 10.6 Å². The van der Waals surface area contributed by atoms with Crippen LogP contribution in [0.5, 0.6) is 0 Å². The molecule has 1 atom stereocenters. The molecule has 5 heteroatoms. The summed E-state index contributed by atoms with van der Waals surface area (Å²) in [6.45, 7) is 12.0. The van der Waals surface area contributed by atoms with Gasteiger partial charge >= 0.3 is 0 Å². The number of aryl methyl sites for hydroxylation is 2. The van der Waals surface area contributed by atoms with Crippen molar-refractivity contribution in [3.8, 4) is 0 Å². The lowest BCUT2D eigenvalue weighted by molar-refractivity contribution is 0.435. The number of nitrogens with one attached hydrogen (secondary N) is 2. The fraction of sp³-hybridized carbons (Fsp3) is 0.545. The number of guanidine groups is 1. The number of aromatic nitrogens is 2. The highest BCUT2D eigenvalue weighted by Crippen LogP contribution is 2.48. The second-order valence-electron chi connectivity index (χ2n) is 7.94. The molecule has 0 aliphatic heterocycles. The fourth-order valence-electron chi connectivity index (χ4n) is 3.54. The van der Waals surface area contributed by atoms with Gasteiger partial charge in [0, 0.05) is 30.7 Å². The lowest BCUT2D eigenvalue weighted by Crippen LogP contribution is -2.40. The Bertz CT molecular complexity index is 758. The standard InChI is InChI=1S/C22H33N5/c1-5-23-21(24-14-17(2)15-27-19(4)13-18(3)26-27)25-16-22(11-12-22)20-9-7-6-8-10-20/h6-10,13,17H,5,11-12,14-16H2,1-4H3,(H2,23,24,25). The van der Waals surface area contributed by atoms with Crippen LogP contribution in [0.4, 0.5) is 0 Å². The number of benzene rings is 1. The van der Waals surface area contributed by atoms with Crippen LogP contribution in [0.25, 0.3) is 0 Å². The molecule has 27 heavy (non-hydrogen) atoms. The van der Waals surface area contributed by atoms with Crippen molar-refractivity contribution in [3.05, 3.63) is 53.3 Å². The van der Waals surface area contributed by atoms with E-state index >= 15 is 0 Å². The van der Waals surface area contributed by atoms with Gasteiger partial charge < -0.3 is 10.6 Å². The molecule has 2 aromatic rings. The van der Waals surface area contributed by atoms with E-state index in [9.17, 15) is 0 Å². The molecule has 1 aliphatic carbocycles. The Morgan fingerprint density at radius 3 is 2.56 bits per heavy atom. The van der Waals surface area contributed by atoms with Gasteiger partial charge in [-0.1, -0.05) is 37.3 Å². The third-order valence-electron chi connectivity index (χ3n) is 5.33. The molecule has 1 fully saturated rings. The zero-order chi connectivity index (χ0) is 19.3. The highest BCUT2D eigenvalue weighted by Gasteiger charge is 2.43. The van der Waals surface area contributed by atoms with Crippen molar-refractivity contribution in [1.29, 1.82) is 0 Å². The fourth-order valence-corrected chi connectivity index (χ4v) is 3.54. The summed E-state index contributed by atoms with van der Waals surface area (Å²) < 4.78 is 2.10. The van der Waals surface area contributed by atoms with E-state index in [-0.39, 0.29) is 5.41 Å². The quantitative estimate of drug-likeness (QED) is 0.555. The topological polar surface area (TPSA) is 54.2 Å². The Kier molecular flexibility index (Phi) is 6.19. The van der Waals surface area contributed by atoms with Crippen molar-refractivity contribution < 1.29 is 0 Å². The minimum absolute atomic E-state index is 0.249. The van der Waals surface area contributed by atoms with Crippen molar-refractivity contribution in [1.82, 2.24) is 20.4 Å². The van der Waals surface area contributed by atoms with E-state index in [0.29, 0.717) is 5.92 Å². The molecular formula is C22H33N5. The molecule has 1 unspecified atom stereocenters. The van der Waals surface area contributed by atoms with E-state index in [2.05, 4.69) is 77.6 Å². The van der Waals surface area contributed by atoms with Gasteiger partial charge in [-0.05, 0) is 51.2 Å². The first-order valence-electron chi connectivity index (χ1n) is 10.1. The number of hydrogen-bond acceptors (Lipinski definition) is 2. The van der Waals surface area contributed by atoms with Crippen LogP contribution in [0.2, 0.25) is 0 Å². The van der Waals surface area contributed by atoms with Crippen LogP contribution in [0.1, 0.15) is 43.6 Å². The molecule has 1 aromatic heterocycles. The van der Waals surface area contributed by atoms with Crippen LogP contribution >= 0.6 is 0 Å². The first kappa shape index (κ1) is 19.5. The van der Waals surface area contributed by atoms with Crippen LogP contribution in [0.15, 0.2) is 41.4 Å². The van der Waals surface area contributed by atoms with Crippen LogP contribution in [0, 0.1) is 19.8 Å². The largest absolute Gasteiger partial charge is 0.357 e. The molecule has 1 aromatic carbocycles. The Labute approximate surface area is 163 Å². The van der Waals surface area contributed by atoms with E-state index in [0.717, 1.165) is 37.8 Å². The van der Waals surface area contributed by atoms with E-state index in [1.54, 1.807) is 0 Å². The Morgan fingerprint density at radius 1 is 1.22 bits per heavy atom. The number of rotatable bonds is 8. The van der Waals surface area contributed by atoms with Crippen LogP contribution in [0.3, 0.4) is 0 Å². The molecule has 1 aliphatic rings. The predicted octanol–water partition coefficient (Wildman–Crippen LogP) is 3.42. The van der Waals surface area contributed by atoms with E-state index in [1.165, 1.54) is 24.1 Å². The monoisotopic (exact) mass is 367 g/mol. The molecule has 1 heterocycles. The molecule has 5 nitrogen and oxygen atoms in total. The summed E-state index contributed by atoms with van der Waals surface area (Å²) in [6, 6.07) is 12.9. The Balaban J connectivity index is 1.55. The van der Waals surface area contributed by atoms with Gasteiger partial charge in [-0.25, -0.2) is 0 Å². The number of nitrogens with zero attached hydrogens (tertiary/aromatic N) is 3. The molecule has 0 saturated heterocycles. The van der Waals surface area contributed by atoms with Crippen molar-refractivity contribution in [2.45, 2.75) is 52.5 Å². The first-order chi connectivity index (χ1) is 13.0. The van der Waals surface area contributed by atoms with Crippen LogP contribution in [-0.2, 0) is 12.0 Å². The molecule has 146 valence electrons. The van der Waals surface area contributed by atoms with E-state index < -0.39 is 0 Å². The van der Waals surface area contributed by atoms with E-state index in [4.69, 9.17) is 4.99 Å². The number of hydrogen-bond donors (Lipinski definition) is 2. The maximum absolute atomic E-state index is 4.90. The number of aliphatic imine (C=N–C) groups is 1. The minimum atomic E-state index is 0.249. The van der Waals surface area contributed by atoms with Gasteiger partial charge in [0.1, 0.15) is 0 Å². The maximum atomic E-state index is 4.90. The molecule has 0 bridgehead atoms. The van der Waals surface area contributed by atoms with Crippen molar-refractivity contribution >= 4 is 5.96 Å². The van der Waals surface area contributed by atoms with Crippen molar-refractivity contribution in [2.24, 2.45) is 10.9 Å². The van der Waals surface area contributed by atoms with Crippen molar-refractivity contribution in [3.63, 3.8) is 0 Å². The predicted molar refractivity (Wildman–Crippen MR) is 112 cm³/mol. The molecular weight excluding hydrogens is 334 g/mol. The van der Waals surface area contributed by atoms with Gasteiger partial charge in [0.15, 0.2) is 5.96 Å². The highest BCUT2D eigenvalue weighted by molar-refractivity contribution is 5.79. The van der Waals surface area contributed by atoms with E-state index in [1.807, 2.05) is 6.92 Å². The first-order valence-corrected chi connectivity index (χ1v) is 10.1. The van der Waals surface area contributed by atoms with Gasteiger partial charge in [-0.2, -0.15) is 5.10 Å². The third kappa shape index (κ3) is 5.12. The molecule has 0 spiro atoms. The van der Waals surface area contributed by atoms with Gasteiger partial charge in [0.05, 0.1) is 12.2 Å². The lowest BCUT2D eigenvalue weighted by Gasteiger charge is -2.18. The average Bonchev–Trinajstić information content (AvgIpc) is 3.38. The van der Waals surface area contributed by atoms with Gasteiger partial charge in [-0.3, -0.25) is 9.67 Å². The third-order valence-corrected chi connectivity index (χ3v) is 5.33. The van der Waals surface area contributed by atoms with Crippen LogP contribution in [-0.4, -0.2) is 35.4 Å². The lowest BCUT2D eigenvalue weighted by atomic mass is 9.96. The zero-order valence-corrected chi connectivity index (χ0v) is 17.1. The summed E-state index contributed by atoms with van der Waals surface area (Å²) in [6.07, 6.45) is 2.46. The summed E-state index contributed by atoms with van der Waals surface area (Å²) in [5.41, 5.74) is 3.97. The smallest absolute Gasteiger partial charge is 0.191 e. The molecule has 0 radical (unpaired) electrons. The molecule has 3 rings (SSSR count). The molecule has 2 N–H and O–H groups in total. The average molecular weight is 368 g/mol. The normalized spacial score (nSPS) is 16.8. The maximum Gasteiger partial charge on any atom is 0.191 e. The molecule has 0 amide bonds. The molecule has 1 saturated carbocycles. The summed E-state index contributed by atoms with van der Waals surface area (Å²) in [5.74, 6) is 1.38.